The maximum Gasteiger partial charge on any atom is 0.241 e. The zero-order chi connectivity index (χ0) is 11.4. The Morgan fingerprint density at radius 1 is 1.33 bits per heavy atom. The number of carbonyl (C=O) groups is 1. The van der Waals surface area contributed by atoms with Crippen LogP contribution in [0.2, 0.25) is 0 Å². The molecule has 0 bridgehead atoms. The zero-order valence-electron chi connectivity index (χ0n) is 9.03. The predicted octanol–water partition coefficient (Wildman–Crippen LogP) is 1.19. The molecule has 1 atom stereocenters. The molecular formula is C11H17N3O. The summed E-state index contributed by atoms with van der Waals surface area (Å²) in [6.45, 7) is 3.80. The van der Waals surface area contributed by atoms with Gasteiger partial charge >= 0.3 is 0 Å². The Morgan fingerprint density at radius 2 is 1.93 bits per heavy atom. The SMILES string of the molecule is CC(C)C(N)C(=O)Nc1ccccc1N. The van der Waals surface area contributed by atoms with Crippen LogP contribution in [0, 0.1) is 5.92 Å². The third-order valence-corrected chi connectivity index (χ3v) is 2.24. The van der Waals surface area contributed by atoms with Gasteiger partial charge in [0, 0.05) is 0 Å². The van der Waals surface area contributed by atoms with Crippen LogP contribution in [0.3, 0.4) is 0 Å². The van der Waals surface area contributed by atoms with E-state index < -0.39 is 6.04 Å². The number of rotatable bonds is 3. The monoisotopic (exact) mass is 207 g/mol. The van der Waals surface area contributed by atoms with E-state index in [1.54, 1.807) is 12.1 Å². The average molecular weight is 207 g/mol. The van der Waals surface area contributed by atoms with Crippen LogP contribution in [0.1, 0.15) is 13.8 Å². The summed E-state index contributed by atoms with van der Waals surface area (Å²) in [6.07, 6.45) is 0. The van der Waals surface area contributed by atoms with Crippen molar-refractivity contribution in [3.05, 3.63) is 24.3 Å². The molecule has 4 nitrogen and oxygen atoms in total. The van der Waals surface area contributed by atoms with Crippen LogP contribution in [0.5, 0.6) is 0 Å². The van der Waals surface area contributed by atoms with Crippen molar-refractivity contribution in [1.29, 1.82) is 0 Å². The lowest BCUT2D eigenvalue weighted by Crippen LogP contribution is -2.39. The van der Waals surface area contributed by atoms with Crippen LogP contribution in [-0.2, 0) is 4.79 Å². The minimum Gasteiger partial charge on any atom is -0.397 e. The molecule has 0 radical (unpaired) electrons. The molecule has 1 aromatic rings. The Balaban J connectivity index is 2.71. The summed E-state index contributed by atoms with van der Waals surface area (Å²) >= 11 is 0. The molecule has 0 aliphatic rings. The van der Waals surface area contributed by atoms with Crippen molar-refractivity contribution in [2.45, 2.75) is 19.9 Å². The largest absolute Gasteiger partial charge is 0.397 e. The first-order chi connectivity index (χ1) is 7.02. The van der Waals surface area contributed by atoms with Crippen molar-refractivity contribution in [3.8, 4) is 0 Å². The number of nitrogen functional groups attached to an aromatic ring is 1. The third kappa shape index (κ3) is 2.95. The summed E-state index contributed by atoms with van der Waals surface area (Å²) in [7, 11) is 0. The number of hydrogen-bond donors (Lipinski definition) is 3. The molecule has 0 fully saturated rings. The van der Waals surface area contributed by atoms with Gasteiger partial charge in [0.2, 0.25) is 5.91 Å². The van der Waals surface area contributed by atoms with Crippen molar-refractivity contribution in [3.63, 3.8) is 0 Å². The highest BCUT2D eigenvalue weighted by Gasteiger charge is 2.17. The molecular weight excluding hydrogens is 190 g/mol. The second-order valence-corrected chi connectivity index (χ2v) is 3.85. The molecule has 1 amide bonds. The smallest absolute Gasteiger partial charge is 0.241 e. The molecule has 1 unspecified atom stereocenters. The predicted molar refractivity (Wildman–Crippen MR) is 62.3 cm³/mol. The number of carbonyl (C=O) groups excluding carboxylic acids is 1. The highest BCUT2D eigenvalue weighted by Crippen LogP contribution is 2.17. The Hall–Kier alpha value is -1.55. The molecule has 82 valence electrons. The van der Waals surface area contributed by atoms with Crippen molar-refractivity contribution in [1.82, 2.24) is 0 Å². The molecule has 1 aromatic carbocycles. The van der Waals surface area contributed by atoms with Gasteiger partial charge in [0.15, 0.2) is 0 Å². The highest BCUT2D eigenvalue weighted by molar-refractivity contribution is 5.97. The van der Waals surface area contributed by atoms with Gasteiger partial charge in [-0.25, -0.2) is 0 Å². The Kier molecular flexibility index (Phi) is 3.68. The van der Waals surface area contributed by atoms with Gasteiger partial charge in [-0.15, -0.1) is 0 Å². The summed E-state index contributed by atoms with van der Waals surface area (Å²) in [6, 6.07) is 6.60. The van der Waals surface area contributed by atoms with Gasteiger partial charge in [0.1, 0.15) is 0 Å². The van der Waals surface area contributed by atoms with E-state index in [1.807, 2.05) is 26.0 Å². The number of nitrogens with two attached hydrogens (primary N) is 2. The maximum absolute atomic E-state index is 11.6. The standard InChI is InChI=1S/C11H17N3O/c1-7(2)10(13)11(15)14-9-6-4-3-5-8(9)12/h3-7,10H,12-13H2,1-2H3,(H,14,15). The number of amides is 1. The highest BCUT2D eigenvalue weighted by atomic mass is 16.2. The van der Waals surface area contributed by atoms with Crippen LogP contribution < -0.4 is 16.8 Å². The molecule has 0 saturated carbocycles. The van der Waals surface area contributed by atoms with E-state index in [4.69, 9.17) is 11.5 Å². The van der Waals surface area contributed by atoms with Crippen LogP contribution in [0.4, 0.5) is 11.4 Å². The lowest BCUT2D eigenvalue weighted by atomic mass is 10.0. The van der Waals surface area contributed by atoms with Crippen molar-refractivity contribution >= 4 is 17.3 Å². The zero-order valence-corrected chi connectivity index (χ0v) is 9.03. The number of para-hydroxylation sites is 2. The molecule has 1 rings (SSSR count). The van der Waals surface area contributed by atoms with Crippen molar-refractivity contribution in [2.24, 2.45) is 11.7 Å². The minimum atomic E-state index is -0.510. The van der Waals surface area contributed by atoms with E-state index >= 15 is 0 Å². The summed E-state index contributed by atoms with van der Waals surface area (Å²) in [5.74, 6) is -0.0992. The van der Waals surface area contributed by atoms with E-state index in [-0.39, 0.29) is 11.8 Å². The van der Waals surface area contributed by atoms with Crippen LogP contribution in [0.25, 0.3) is 0 Å². The fourth-order valence-corrected chi connectivity index (χ4v) is 1.13. The Labute approximate surface area is 89.6 Å². The van der Waals surface area contributed by atoms with Gasteiger partial charge in [-0.2, -0.15) is 0 Å². The quantitative estimate of drug-likeness (QED) is 0.651. The Morgan fingerprint density at radius 3 is 2.47 bits per heavy atom. The molecule has 0 aliphatic carbocycles. The Bertz CT molecular complexity index is 349. The van der Waals surface area contributed by atoms with Gasteiger partial charge in [0.05, 0.1) is 17.4 Å². The normalized spacial score (nSPS) is 12.5. The third-order valence-electron chi connectivity index (χ3n) is 2.24. The number of nitrogens with one attached hydrogen (secondary N) is 1. The first-order valence-electron chi connectivity index (χ1n) is 4.93. The van der Waals surface area contributed by atoms with Gasteiger partial charge < -0.3 is 16.8 Å². The van der Waals surface area contributed by atoms with Crippen molar-refractivity contribution < 1.29 is 4.79 Å². The maximum atomic E-state index is 11.6. The molecule has 0 aliphatic heterocycles. The first-order valence-corrected chi connectivity index (χ1v) is 4.93. The van der Waals surface area contributed by atoms with Gasteiger partial charge in [-0.05, 0) is 18.1 Å². The number of benzene rings is 1. The summed E-state index contributed by atoms with van der Waals surface area (Å²) < 4.78 is 0. The van der Waals surface area contributed by atoms with E-state index in [0.29, 0.717) is 11.4 Å². The van der Waals surface area contributed by atoms with E-state index in [9.17, 15) is 4.79 Å². The van der Waals surface area contributed by atoms with E-state index in [2.05, 4.69) is 5.32 Å². The molecule has 4 heteroatoms. The van der Waals surface area contributed by atoms with Gasteiger partial charge in [-0.1, -0.05) is 26.0 Å². The van der Waals surface area contributed by atoms with Crippen LogP contribution in [0.15, 0.2) is 24.3 Å². The van der Waals surface area contributed by atoms with Crippen molar-refractivity contribution in [2.75, 3.05) is 11.1 Å². The first kappa shape index (κ1) is 11.5. The second-order valence-electron chi connectivity index (χ2n) is 3.85. The fourth-order valence-electron chi connectivity index (χ4n) is 1.13. The average Bonchev–Trinajstić information content (AvgIpc) is 2.20. The van der Waals surface area contributed by atoms with Gasteiger partial charge in [0.25, 0.3) is 0 Å². The number of anilines is 2. The van der Waals surface area contributed by atoms with E-state index in [0.717, 1.165) is 0 Å². The summed E-state index contributed by atoms with van der Waals surface area (Å²) in [4.78, 5) is 11.6. The molecule has 0 heterocycles. The lowest BCUT2D eigenvalue weighted by molar-refractivity contribution is -0.118. The topological polar surface area (TPSA) is 81.1 Å². The molecule has 0 saturated heterocycles. The second kappa shape index (κ2) is 4.79. The van der Waals surface area contributed by atoms with Gasteiger partial charge in [-0.3, -0.25) is 4.79 Å². The fraction of sp³-hybridized carbons (Fsp3) is 0.364. The molecule has 0 aromatic heterocycles. The number of hydrogen-bond acceptors (Lipinski definition) is 3. The van der Waals surface area contributed by atoms with E-state index in [1.165, 1.54) is 0 Å². The summed E-state index contributed by atoms with van der Waals surface area (Å²) in [5, 5.41) is 2.70. The minimum absolute atomic E-state index is 0.106. The molecule has 0 spiro atoms. The lowest BCUT2D eigenvalue weighted by Gasteiger charge is -2.16. The van der Waals surface area contributed by atoms with Crippen LogP contribution in [-0.4, -0.2) is 11.9 Å². The molecule has 5 N–H and O–H groups in total. The summed E-state index contributed by atoms with van der Waals surface area (Å²) in [5.41, 5.74) is 12.5. The van der Waals surface area contributed by atoms with Crippen LogP contribution >= 0.6 is 0 Å². The molecule has 15 heavy (non-hydrogen) atoms.